The highest BCUT2D eigenvalue weighted by Gasteiger charge is 2.42. The zero-order valence-electron chi connectivity index (χ0n) is 10.2. The molecule has 4 nitrogen and oxygen atoms in total. The van der Waals surface area contributed by atoms with Crippen LogP contribution in [0.2, 0.25) is 0 Å². The highest BCUT2D eigenvalue weighted by Crippen LogP contribution is 2.30. The highest BCUT2D eigenvalue weighted by atomic mass is 16.5. The summed E-state index contributed by atoms with van der Waals surface area (Å²) in [6.07, 6.45) is 4.39. The van der Waals surface area contributed by atoms with E-state index < -0.39 is 0 Å². The average Bonchev–Trinajstić information content (AvgIpc) is 2.24. The number of ether oxygens (including phenoxy) is 1. The molecule has 90 valence electrons. The van der Waals surface area contributed by atoms with Crippen LogP contribution in [0, 0.1) is 5.41 Å². The Bertz CT molecular complexity index is 307. The number of hydrogen-bond acceptors (Lipinski definition) is 3. The van der Waals surface area contributed by atoms with Crippen LogP contribution < -0.4 is 0 Å². The van der Waals surface area contributed by atoms with Crippen molar-refractivity contribution in [2.45, 2.75) is 33.6 Å². The van der Waals surface area contributed by atoms with Gasteiger partial charge in [-0.1, -0.05) is 13.0 Å². The number of carbonyl (C=O) groups is 2. The molecule has 1 aliphatic heterocycles. The number of carbonyl (C=O) groups excluding carboxylic acids is 2. The van der Waals surface area contributed by atoms with Crippen LogP contribution in [0.25, 0.3) is 0 Å². The molecular formula is C12H19NO3. The maximum absolute atomic E-state index is 11.5. The molecule has 0 unspecified atom stereocenters. The molecule has 4 heteroatoms. The first-order valence-electron chi connectivity index (χ1n) is 5.60. The summed E-state index contributed by atoms with van der Waals surface area (Å²) in [7, 11) is 0. The van der Waals surface area contributed by atoms with Crippen molar-refractivity contribution in [1.82, 2.24) is 4.90 Å². The van der Waals surface area contributed by atoms with Gasteiger partial charge in [-0.3, -0.25) is 9.59 Å². The Morgan fingerprint density at radius 3 is 2.75 bits per heavy atom. The number of amides is 1. The predicted molar refractivity (Wildman–Crippen MR) is 60.5 cm³/mol. The SMILES string of the molecule is CCCOC(=O)CC=CN1CC(C)(C)C1=O. The molecule has 0 aliphatic carbocycles. The van der Waals surface area contributed by atoms with Crippen LogP contribution in [0.3, 0.4) is 0 Å². The molecule has 1 amide bonds. The van der Waals surface area contributed by atoms with Gasteiger partial charge in [0.1, 0.15) is 0 Å². The summed E-state index contributed by atoms with van der Waals surface area (Å²) in [5.41, 5.74) is -0.243. The zero-order chi connectivity index (χ0) is 12.2. The van der Waals surface area contributed by atoms with E-state index in [0.29, 0.717) is 13.2 Å². The van der Waals surface area contributed by atoms with Crippen LogP contribution in [0.1, 0.15) is 33.6 Å². The van der Waals surface area contributed by atoms with Crippen molar-refractivity contribution in [3.05, 3.63) is 12.3 Å². The quantitative estimate of drug-likeness (QED) is 0.528. The lowest BCUT2D eigenvalue weighted by atomic mass is 9.83. The molecule has 1 fully saturated rings. The van der Waals surface area contributed by atoms with Crippen LogP contribution in [0.4, 0.5) is 0 Å². The Labute approximate surface area is 96.3 Å². The fourth-order valence-electron chi connectivity index (χ4n) is 1.53. The van der Waals surface area contributed by atoms with E-state index in [-0.39, 0.29) is 23.7 Å². The lowest BCUT2D eigenvalue weighted by Crippen LogP contribution is -2.55. The summed E-state index contributed by atoms with van der Waals surface area (Å²) in [6.45, 7) is 6.95. The molecular weight excluding hydrogens is 206 g/mol. The van der Waals surface area contributed by atoms with Crippen LogP contribution in [0.5, 0.6) is 0 Å². The maximum Gasteiger partial charge on any atom is 0.309 e. The smallest absolute Gasteiger partial charge is 0.309 e. The van der Waals surface area contributed by atoms with E-state index in [0.717, 1.165) is 6.42 Å². The molecule has 0 N–H and O–H groups in total. The van der Waals surface area contributed by atoms with Crippen molar-refractivity contribution in [3.63, 3.8) is 0 Å². The first-order chi connectivity index (χ1) is 7.47. The van der Waals surface area contributed by atoms with Crippen molar-refractivity contribution in [2.75, 3.05) is 13.2 Å². The molecule has 0 atom stereocenters. The monoisotopic (exact) mass is 225 g/mol. The Morgan fingerprint density at radius 2 is 2.25 bits per heavy atom. The normalized spacial score (nSPS) is 18.7. The third-order valence-corrected chi connectivity index (χ3v) is 2.44. The van der Waals surface area contributed by atoms with Gasteiger partial charge in [-0.25, -0.2) is 0 Å². The van der Waals surface area contributed by atoms with Crippen molar-refractivity contribution in [1.29, 1.82) is 0 Å². The zero-order valence-corrected chi connectivity index (χ0v) is 10.2. The van der Waals surface area contributed by atoms with Gasteiger partial charge in [0.05, 0.1) is 18.4 Å². The molecule has 1 saturated heterocycles. The molecule has 0 saturated carbocycles. The molecule has 1 rings (SSSR count). The van der Waals surface area contributed by atoms with E-state index in [4.69, 9.17) is 4.74 Å². The van der Waals surface area contributed by atoms with E-state index in [1.165, 1.54) is 0 Å². The number of likely N-dealkylation sites (tertiary alicyclic amines) is 1. The third kappa shape index (κ3) is 3.08. The van der Waals surface area contributed by atoms with Gasteiger partial charge in [0.2, 0.25) is 5.91 Å². The lowest BCUT2D eigenvalue weighted by molar-refractivity contribution is -0.151. The Hall–Kier alpha value is -1.32. The summed E-state index contributed by atoms with van der Waals surface area (Å²) < 4.78 is 4.90. The molecule has 1 aliphatic rings. The van der Waals surface area contributed by atoms with Crippen LogP contribution in [0.15, 0.2) is 12.3 Å². The minimum absolute atomic E-state index is 0.102. The fraction of sp³-hybridized carbons (Fsp3) is 0.667. The van der Waals surface area contributed by atoms with Crippen molar-refractivity contribution < 1.29 is 14.3 Å². The maximum atomic E-state index is 11.5. The van der Waals surface area contributed by atoms with Gasteiger partial charge < -0.3 is 9.64 Å². The average molecular weight is 225 g/mol. The number of hydrogen-bond donors (Lipinski definition) is 0. The summed E-state index contributed by atoms with van der Waals surface area (Å²) in [5, 5.41) is 0. The second-order valence-electron chi connectivity index (χ2n) is 4.63. The summed E-state index contributed by atoms with van der Waals surface area (Å²) >= 11 is 0. The minimum Gasteiger partial charge on any atom is -0.465 e. The van der Waals surface area contributed by atoms with Gasteiger partial charge in [0.15, 0.2) is 0 Å². The first kappa shape index (κ1) is 12.7. The Morgan fingerprint density at radius 1 is 1.56 bits per heavy atom. The van der Waals surface area contributed by atoms with Gasteiger partial charge in [-0.15, -0.1) is 0 Å². The van der Waals surface area contributed by atoms with Gasteiger partial charge in [-0.05, 0) is 20.3 Å². The molecule has 0 aromatic rings. The first-order valence-corrected chi connectivity index (χ1v) is 5.60. The Balaban J connectivity index is 2.24. The summed E-state index contributed by atoms with van der Waals surface area (Å²) in [5.74, 6) is -0.143. The van der Waals surface area contributed by atoms with Gasteiger partial charge >= 0.3 is 5.97 Å². The second-order valence-corrected chi connectivity index (χ2v) is 4.63. The van der Waals surface area contributed by atoms with Crippen molar-refractivity contribution in [3.8, 4) is 0 Å². The topological polar surface area (TPSA) is 46.6 Å². The highest BCUT2D eigenvalue weighted by molar-refractivity contribution is 5.88. The molecule has 16 heavy (non-hydrogen) atoms. The number of esters is 1. The molecule has 1 heterocycles. The summed E-state index contributed by atoms with van der Waals surface area (Å²) in [4.78, 5) is 24.2. The largest absolute Gasteiger partial charge is 0.465 e. The minimum atomic E-state index is -0.245. The van der Waals surface area contributed by atoms with Gasteiger partial charge in [-0.2, -0.15) is 0 Å². The molecule has 0 bridgehead atoms. The number of β-lactam (4-membered cyclic amide) rings is 1. The number of rotatable bonds is 5. The summed E-state index contributed by atoms with van der Waals surface area (Å²) in [6, 6.07) is 0. The number of nitrogens with zero attached hydrogens (tertiary/aromatic N) is 1. The van der Waals surface area contributed by atoms with E-state index in [1.54, 1.807) is 17.2 Å². The van der Waals surface area contributed by atoms with Gasteiger partial charge in [0, 0.05) is 12.7 Å². The van der Waals surface area contributed by atoms with E-state index in [9.17, 15) is 9.59 Å². The van der Waals surface area contributed by atoms with E-state index >= 15 is 0 Å². The van der Waals surface area contributed by atoms with Crippen LogP contribution in [-0.2, 0) is 14.3 Å². The molecule has 0 radical (unpaired) electrons. The van der Waals surface area contributed by atoms with E-state index in [2.05, 4.69) is 0 Å². The molecule has 0 spiro atoms. The Kier molecular flexibility index (Phi) is 4.10. The molecule has 0 aromatic heterocycles. The fourth-order valence-corrected chi connectivity index (χ4v) is 1.53. The third-order valence-electron chi connectivity index (χ3n) is 2.44. The van der Waals surface area contributed by atoms with Crippen molar-refractivity contribution in [2.24, 2.45) is 5.41 Å². The van der Waals surface area contributed by atoms with Crippen LogP contribution in [-0.4, -0.2) is 29.9 Å². The van der Waals surface area contributed by atoms with Crippen molar-refractivity contribution >= 4 is 11.9 Å². The predicted octanol–water partition coefficient (Wildman–Crippen LogP) is 1.71. The van der Waals surface area contributed by atoms with E-state index in [1.807, 2.05) is 20.8 Å². The standard InChI is InChI=1S/C12H19NO3/c1-4-8-16-10(14)6-5-7-13-9-12(2,3)11(13)15/h5,7H,4,6,8-9H2,1-3H3. The molecule has 0 aromatic carbocycles. The lowest BCUT2D eigenvalue weighted by Gasteiger charge is -2.42. The second kappa shape index (κ2) is 5.14. The van der Waals surface area contributed by atoms with Gasteiger partial charge in [0.25, 0.3) is 0 Å². The van der Waals surface area contributed by atoms with Crippen LogP contribution >= 0.6 is 0 Å².